The largest absolute Gasteiger partial charge is 0.361 e. The van der Waals surface area contributed by atoms with Crippen molar-refractivity contribution in [3.63, 3.8) is 0 Å². The highest BCUT2D eigenvalue weighted by molar-refractivity contribution is 6.89. The molecule has 0 aliphatic rings. The van der Waals surface area contributed by atoms with E-state index in [0.717, 1.165) is 17.0 Å². The second kappa shape index (κ2) is 3.90. The Morgan fingerprint density at radius 1 is 1.06 bits per heavy atom. The first kappa shape index (κ1) is 11.1. The lowest BCUT2D eigenvalue weighted by Gasteiger charge is -2.16. The van der Waals surface area contributed by atoms with E-state index in [0.29, 0.717) is 0 Å². The molecule has 2 rings (SSSR count). The van der Waals surface area contributed by atoms with Crippen LogP contribution < -0.4 is 5.19 Å². The highest BCUT2D eigenvalue weighted by Gasteiger charge is 2.27. The Labute approximate surface area is 97.3 Å². The van der Waals surface area contributed by atoms with E-state index in [2.05, 4.69) is 36.9 Å². The lowest BCUT2D eigenvalue weighted by atomic mass is 10.1. The maximum absolute atomic E-state index is 5.36. The van der Waals surface area contributed by atoms with Gasteiger partial charge < -0.3 is 4.52 Å². The van der Waals surface area contributed by atoms with Crippen LogP contribution in [0, 0.1) is 6.92 Å². The normalized spacial score (nSPS) is 11.8. The third-order valence-electron chi connectivity index (χ3n) is 2.66. The molecule has 0 amide bonds. The number of benzene rings is 1. The van der Waals surface area contributed by atoms with Crippen LogP contribution in [0.3, 0.4) is 0 Å². The van der Waals surface area contributed by atoms with E-state index in [1.807, 2.05) is 25.1 Å². The molecule has 0 radical (unpaired) electrons. The van der Waals surface area contributed by atoms with Crippen LogP contribution in [0.25, 0.3) is 11.3 Å². The predicted molar refractivity (Wildman–Crippen MR) is 69.7 cm³/mol. The Hall–Kier alpha value is -1.35. The first-order valence-electron chi connectivity index (χ1n) is 5.52. The van der Waals surface area contributed by atoms with Gasteiger partial charge in [0.05, 0.1) is 8.07 Å². The average Bonchev–Trinajstić information content (AvgIpc) is 2.61. The van der Waals surface area contributed by atoms with Crippen LogP contribution in [0.2, 0.25) is 19.6 Å². The van der Waals surface area contributed by atoms with Crippen molar-refractivity contribution < 1.29 is 4.52 Å². The van der Waals surface area contributed by atoms with Gasteiger partial charge in [-0.05, 0) is 6.92 Å². The predicted octanol–water partition coefficient (Wildman–Crippen LogP) is 3.20. The second-order valence-electron chi connectivity index (χ2n) is 5.08. The molecule has 0 saturated heterocycles. The first-order valence-corrected chi connectivity index (χ1v) is 9.02. The summed E-state index contributed by atoms with van der Waals surface area (Å²) in [6, 6.07) is 10.3. The van der Waals surface area contributed by atoms with Gasteiger partial charge in [0.15, 0.2) is 0 Å². The molecule has 0 fully saturated rings. The summed E-state index contributed by atoms with van der Waals surface area (Å²) in [6.07, 6.45) is 0. The highest BCUT2D eigenvalue weighted by Crippen LogP contribution is 2.20. The maximum Gasteiger partial charge on any atom is 0.133 e. The summed E-state index contributed by atoms with van der Waals surface area (Å²) in [6.45, 7) is 8.96. The molecule has 0 atom stereocenters. The number of nitrogens with zero attached hydrogens (tertiary/aromatic N) is 1. The van der Waals surface area contributed by atoms with Crippen LogP contribution in [0.4, 0.5) is 0 Å². The fourth-order valence-corrected chi connectivity index (χ4v) is 4.05. The molecule has 2 nitrogen and oxygen atoms in total. The van der Waals surface area contributed by atoms with E-state index in [-0.39, 0.29) is 0 Å². The van der Waals surface area contributed by atoms with Crippen molar-refractivity contribution in [3.8, 4) is 11.3 Å². The summed E-state index contributed by atoms with van der Waals surface area (Å²) < 4.78 is 5.36. The Balaban J connectivity index is 2.60. The van der Waals surface area contributed by atoms with Gasteiger partial charge in [-0.3, -0.25) is 0 Å². The summed E-state index contributed by atoms with van der Waals surface area (Å²) in [4.78, 5) is 0. The van der Waals surface area contributed by atoms with Crippen molar-refractivity contribution in [1.29, 1.82) is 0 Å². The van der Waals surface area contributed by atoms with Crippen molar-refractivity contribution in [2.45, 2.75) is 26.6 Å². The van der Waals surface area contributed by atoms with E-state index in [1.54, 1.807) is 0 Å². The summed E-state index contributed by atoms with van der Waals surface area (Å²) in [7, 11) is -1.41. The van der Waals surface area contributed by atoms with Gasteiger partial charge in [0.25, 0.3) is 0 Å². The standard InChI is InChI=1S/C13H17NOSi/c1-10-13(16(2,3)4)12(14-15-10)11-8-6-5-7-9-11/h5-9H,1-4H3. The quantitative estimate of drug-likeness (QED) is 0.742. The minimum atomic E-state index is -1.41. The lowest BCUT2D eigenvalue weighted by molar-refractivity contribution is 0.400. The van der Waals surface area contributed by atoms with Gasteiger partial charge in [0.1, 0.15) is 11.5 Å². The highest BCUT2D eigenvalue weighted by atomic mass is 28.3. The van der Waals surface area contributed by atoms with Gasteiger partial charge in [-0.1, -0.05) is 55.1 Å². The third kappa shape index (κ3) is 1.95. The molecule has 0 saturated carbocycles. The number of rotatable bonds is 2. The van der Waals surface area contributed by atoms with E-state index in [9.17, 15) is 0 Å². The fraction of sp³-hybridized carbons (Fsp3) is 0.308. The van der Waals surface area contributed by atoms with Crippen molar-refractivity contribution in [2.75, 3.05) is 0 Å². The van der Waals surface area contributed by atoms with E-state index in [4.69, 9.17) is 4.52 Å². The van der Waals surface area contributed by atoms with Crippen LogP contribution in [0.1, 0.15) is 5.76 Å². The molecule has 1 heterocycles. The van der Waals surface area contributed by atoms with Gasteiger partial charge in [0, 0.05) is 10.8 Å². The fourth-order valence-electron chi connectivity index (χ4n) is 2.05. The van der Waals surface area contributed by atoms with Gasteiger partial charge >= 0.3 is 0 Å². The zero-order valence-corrected chi connectivity index (χ0v) is 11.2. The monoisotopic (exact) mass is 231 g/mol. The van der Waals surface area contributed by atoms with Crippen molar-refractivity contribution in [1.82, 2.24) is 5.16 Å². The Bertz CT molecular complexity index is 482. The minimum Gasteiger partial charge on any atom is -0.361 e. The Morgan fingerprint density at radius 3 is 2.25 bits per heavy atom. The van der Waals surface area contributed by atoms with Gasteiger partial charge in [0.2, 0.25) is 0 Å². The van der Waals surface area contributed by atoms with Crippen LogP contribution >= 0.6 is 0 Å². The molecule has 0 N–H and O–H groups in total. The molecule has 1 aromatic heterocycles. The molecule has 3 heteroatoms. The molecule has 0 bridgehead atoms. The zero-order valence-electron chi connectivity index (χ0n) is 10.2. The summed E-state index contributed by atoms with van der Waals surface area (Å²) >= 11 is 0. The maximum atomic E-state index is 5.36. The molecule has 0 spiro atoms. The smallest absolute Gasteiger partial charge is 0.133 e. The van der Waals surface area contributed by atoms with Crippen molar-refractivity contribution >= 4 is 13.3 Å². The molecule has 84 valence electrons. The molecule has 2 aromatic rings. The van der Waals surface area contributed by atoms with E-state index >= 15 is 0 Å². The molecule has 0 aliphatic carbocycles. The van der Waals surface area contributed by atoms with Crippen LogP contribution in [-0.2, 0) is 0 Å². The van der Waals surface area contributed by atoms with Crippen LogP contribution in [0.15, 0.2) is 34.9 Å². The second-order valence-corrected chi connectivity index (χ2v) is 10.1. The summed E-state index contributed by atoms with van der Waals surface area (Å²) in [5.41, 5.74) is 2.18. The first-order chi connectivity index (χ1) is 7.50. The Kier molecular flexibility index (Phi) is 2.72. The van der Waals surface area contributed by atoms with Gasteiger partial charge in [-0.25, -0.2) is 0 Å². The minimum absolute atomic E-state index is 0.970. The molecule has 0 unspecified atom stereocenters. The molecular weight excluding hydrogens is 214 g/mol. The molecule has 0 aliphatic heterocycles. The molecule has 16 heavy (non-hydrogen) atoms. The zero-order chi connectivity index (χ0) is 11.8. The molecule has 1 aromatic carbocycles. The average molecular weight is 231 g/mol. The van der Waals surface area contributed by atoms with Crippen molar-refractivity contribution in [2.24, 2.45) is 0 Å². The van der Waals surface area contributed by atoms with Crippen LogP contribution in [-0.4, -0.2) is 13.2 Å². The SMILES string of the molecule is Cc1onc(-c2ccccc2)c1[Si](C)(C)C. The van der Waals surface area contributed by atoms with E-state index < -0.39 is 8.07 Å². The number of hydrogen-bond acceptors (Lipinski definition) is 2. The van der Waals surface area contributed by atoms with Gasteiger partial charge in [-0.15, -0.1) is 0 Å². The van der Waals surface area contributed by atoms with Crippen LogP contribution in [0.5, 0.6) is 0 Å². The number of aryl methyl sites for hydroxylation is 1. The lowest BCUT2D eigenvalue weighted by Crippen LogP contribution is -2.39. The topological polar surface area (TPSA) is 26.0 Å². The van der Waals surface area contributed by atoms with Crippen molar-refractivity contribution in [3.05, 3.63) is 36.1 Å². The summed E-state index contributed by atoms with van der Waals surface area (Å²) in [5, 5.41) is 5.54. The Morgan fingerprint density at radius 2 is 1.69 bits per heavy atom. The van der Waals surface area contributed by atoms with E-state index in [1.165, 1.54) is 5.19 Å². The molecular formula is C13H17NOSi. The third-order valence-corrected chi connectivity index (χ3v) is 4.75. The number of hydrogen-bond donors (Lipinski definition) is 0. The van der Waals surface area contributed by atoms with Gasteiger partial charge in [-0.2, -0.15) is 0 Å². The summed E-state index contributed by atoms with van der Waals surface area (Å²) in [5.74, 6) is 0.970. The number of aromatic nitrogens is 1.